The third-order valence-electron chi connectivity index (χ3n) is 0.223. The van der Waals surface area contributed by atoms with E-state index in [2.05, 4.69) is 0 Å². The SMILES string of the molecule is O=C(F)C(F)(F)I. The molecule has 0 spiro atoms. The first kappa shape index (κ1) is 7.19. The fourth-order valence-electron chi connectivity index (χ4n) is 0. The molecule has 1 nitrogen and oxygen atoms in total. The molecule has 0 fully saturated rings. The van der Waals surface area contributed by atoms with Crippen LogP contribution in [0.3, 0.4) is 0 Å². The molecule has 0 amide bonds. The van der Waals surface area contributed by atoms with Crippen LogP contribution in [0.5, 0.6) is 0 Å². The summed E-state index contributed by atoms with van der Waals surface area (Å²) < 4.78 is 29.2. The summed E-state index contributed by atoms with van der Waals surface area (Å²) in [6, 6.07) is -2.60. The van der Waals surface area contributed by atoms with Gasteiger partial charge in [-0.2, -0.15) is 13.2 Å². The van der Waals surface area contributed by atoms with E-state index in [1.165, 1.54) is 0 Å². The van der Waals surface area contributed by atoms with Crippen LogP contribution in [-0.2, 0) is 4.79 Å². The van der Waals surface area contributed by atoms with Gasteiger partial charge in [-0.1, -0.05) is 0 Å². The second-order valence-electron chi connectivity index (χ2n) is 0.771. The summed E-state index contributed by atoms with van der Waals surface area (Å²) in [6.45, 7) is 0. The van der Waals surface area contributed by atoms with Gasteiger partial charge in [0.1, 0.15) is 0 Å². The highest BCUT2D eigenvalue weighted by Crippen LogP contribution is 2.23. The predicted octanol–water partition coefficient (Wildman–Crippen LogP) is 1.51. The second kappa shape index (κ2) is 1.97. The van der Waals surface area contributed by atoms with Crippen molar-refractivity contribution in [2.24, 2.45) is 0 Å². The minimum absolute atomic E-state index is 0.409. The molecule has 0 bridgehead atoms. The zero-order valence-corrected chi connectivity index (χ0v) is 5.08. The van der Waals surface area contributed by atoms with Crippen LogP contribution in [0.4, 0.5) is 13.2 Å². The van der Waals surface area contributed by atoms with E-state index in [0.29, 0.717) is 22.6 Å². The molecule has 0 aromatic carbocycles. The van der Waals surface area contributed by atoms with Gasteiger partial charge in [0, 0.05) is 22.6 Å². The van der Waals surface area contributed by atoms with E-state index in [1.54, 1.807) is 0 Å². The topological polar surface area (TPSA) is 17.1 Å². The summed E-state index contributed by atoms with van der Waals surface area (Å²) in [5, 5.41) is 0. The molecule has 0 radical (unpaired) electrons. The number of halogens is 4. The molecule has 0 aliphatic rings. The van der Waals surface area contributed by atoms with Gasteiger partial charge in [0.25, 0.3) is 0 Å². The summed E-state index contributed by atoms with van der Waals surface area (Å²) in [5.74, 6) is 0. The maximum Gasteiger partial charge on any atom is 0.384 e. The molecule has 0 rings (SSSR count). The Morgan fingerprint density at radius 1 is 1.57 bits per heavy atom. The average molecular weight is 224 g/mol. The van der Waals surface area contributed by atoms with Gasteiger partial charge in [0.05, 0.1) is 0 Å². The summed E-state index contributed by atoms with van der Waals surface area (Å²) in [4.78, 5) is 9.04. The molecular formula is C2F3IO. The minimum Gasteiger partial charge on any atom is -0.253 e. The van der Waals surface area contributed by atoms with Crippen molar-refractivity contribution in [2.75, 3.05) is 0 Å². The summed E-state index contributed by atoms with van der Waals surface area (Å²) in [5.41, 5.74) is 0. The summed E-state index contributed by atoms with van der Waals surface area (Å²) >= 11 is 0.409. The van der Waals surface area contributed by atoms with Crippen LogP contribution in [0.1, 0.15) is 0 Å². The third kappa shape index (κ3) is 2.84. The van der Waals surface area contributed by atoms with Crippen LogP contribution < -0.4 is 0 Å². The molecule has 0 saturated heterocycles. The first-order valence-electron chi connectivity index (χ1n) is 1.21. The Balaban J connectivity index is 3.79. The van der Waals surface area contributed by atoms with Gasteiger partial charge in [-0.15, -0.1) is 0 Å². The fraction of sp³-hybridized carbons (Fsp3) is 0.500. The molecule has 0 aliphatic carbocycles. The van der Waals surface area contributed by atoms with E-state index in [9.17, 15) is 13.2 Å². The normalized spacial score (nSPS) is 11.4. The van der Waals surface area contributed by atoms with Crippen molar-refractivity contribution in [3.05, 3.63) is 0 Å². The molecule has 0 saturated carbocycles. The second-order valence-corrected chi connectivity index (χ2v) is 2.13. The Hall–Kier alpha value is 0.190. The van der Waals surface area contributed by atoms with E-state index in [0.717, 1.165) is 0 Å². The highest BCUT2D eigenvalue weighted by atomic mass is 127. The van der Waals surface area contributed by atoms with Crippen molar-refractivity contribution in [3.63, 3.8) is 0 Å². The van der Waals surface area contributed by atoms with E-state index in [1.807, 2.05) is 0 Å². The number of carbonyl (C=O) groups is 1. The Morgan fingerprint density at radius 2 is 1.71 bits per heavy atom. The van der Waals surface area contributed by atoms with Crippen LogP contribution in [0.25, 0.3) is 0 Å². The van der Waals surface area contributed by atoms with Crippen LogP contribution in [0.15, 0.2) is 0 Å². The zero-order valence-electron chi connectivity index (χ0n) is 2.92. The summed E-state index contributed by atoms with van der Waals surface area (Å²) in [7, 11) is 0. The van der Waals surface area contributed by atoms with Gasteiger partial charge in [0.15, 0.2) is 0 Å². The molecule has 0 aromatic heterocycles. The molecule has 42 valence electrons. The minimum atomic E-state index is -3.84. The Bertz CT molecular complexity index is 85.4. The lowest BCUT2D eigenvalue weighted by molar-refractivity contribution is -0.142. The smallest absolute Gasteiger partial charge is 0.253 e. The van der Waals surface area contributed by atoms with Crippen LogP contribution >= 0.6 is 22.6 Å². The van der Waals surface area contributed by atoms with Gasteiger partial charge < -0.3 is 0 Å². The molecule has 7 heavy (non-hydrogen) atoms. The monoisotopic (exact) mass is 224 g/mol. The van der Waals surface area contributed by atoms with E-state index in [4.69, 9.17) is 4.79 Å². The lowest BCUT2D eigenvalue weighted by atomic mass is 10.8. The molecule has 0 N–H and O–H groups in total. The first-order chi connectivity index (χ1) is 2.94. The Labute approximate surface area is 51.0 Å². The van der Waals surface area contributed by atoms with Crippen molar-refractivity contribution in [2.45, 2.75) is 3.93 Å². The van der Waals surface area contributed by atoms with Crippen molar-refractivity contribution in [1.82, 2.24) is 0 Å². The largest absolute Gasteiger partial charge is 0.384 e. The van der Waals surface area contributed by atoms with Crippen molar-refractivity contribution in [3.8, 4) is 0 Å². The summed E-state index contributed by atoms with van der Waals surface area (Å²) in [6.07, 6.45) is 0. The van der Waals surface area contributed by atoms with E-state index < -0.39 is 9.97 Å². The van der Waals surface area contributed by atoms with Crippen LogP contribution in [-0.4, -0.2) is 9.97 Å². The number of rotatable bonds is 1. The number of carbonyl (C=O) groups excluding carboxylic acids is 1. The van der Waals surface area contributed by atoms with Gasteiger partial charge >= 0.3 is 9.97 Å². The molecule has 0 atom stereocenters. The number of hydrogen-bond donors (Lipinski definition) is 0. The molecule has 0 aliphatic heterocycles. The first-order valence-corrected chi connectivity index (χ1v) is 2.29. The van der Waals surface area contributed by atoms with E-state index in [-0.39, 0.29) is 0 Å². The van der Waals surface area contributed by atoms with Crippen molar-refractivity contribution < 1.29 is 18.0 Å². The van der Waals surface area contributed by atoms with E-state index >= 15 is 0 Å². The fourth-order valence-corrected chi connectivity index (χ4v) is 0. The average Bonchev–Trinajstić information content (AvgIpc) is 1.31. The lowest BCUT2D eigenvalue weighted by Crippen LogP contribution is -2.14. The highest BCUT2D eigenvalue weighted by molar-refractivity contribution is 14.1. The molecular weight excluding hydrogens is 224 g/mol. The van der Waals surface area contributed by atoms with Gasteiger partial charge in [-0.05, 0) is 0 Å². The maximum atomic E-state index is 11.1. The van der Waals surface area contributed by atoms with Crippen LogP contribution in [0.2, 0.25) is 0 Å². The lowest BCUT2D eigenvalue weighted by Gasteiger charge is -1.94. The Kier molecular flexibility index (Phi) is 2.03. The van der Waals surface area contributed by atoms with Gasteiger partial charge in [-0.3, -0.25) is 4.79 Å². The third-order valence-corrected chi connectivity index (χ3v) is 0.647. The predicted molar refractivity (Wildman–Crippen MR) is 25.1 cm³/mol. The molecule has 0 heterocycles. The molecule has 0 aromatic rings. The molecule has 5 heteroatoms. The Morgan fingerprint density at radius 3 is 1.71 bits per heavy atom. The number of hydrogen-bond acceptors (Lipinski definition) is 1. The quantitative estimate of drug-likeness (QED) is 0.374. The van der Waals surface area contributed by atoms with Gasteiger partial charge in [-0.25, -0.2) is 0 Å². The van der Waals surface area contributed by atoms with Gasteiger partial charge in [0.2, 0.25) is 0 Å². The van der Waals surface area contributed by atoms with Crippen LogP contribution in [0, 0.1) is 0 Å². The van der Waals surface area contributed by atoms with Crippen molar-refractivity contribution >= 4 is 28.6 Å². The zero-order chi connectivity index (χ0) is 6.08. The highest BCUT2D eigenvalue weighted by Gasteiger charge is 2.34. The van der Waals surface area contributed by atoms with Crippen molar-refractivity contribution in [1.29, 1.82) is 0 Å². The maximum absolute atomic E-state index is 11.1. The number of alkyl halides is 3. The standard InChI is InChI=1S/C2F3IO/c3-1(7)2(4,5)6. The molecule has 0 unspecified atom stereocenters.